The van der Waals surface area contributed by atoms with Crippen LogP contribution in [-0.2, 0) is 0 Å². The van der Waals surface area contributed by atoms with Crippen molar-refractivity contribution in [2.24, 2.45) is 5.73 Å². The average molecular weight is 211 g/mol. The second-order valence-corrected chi connectivity index (χ2v) is 3.31. The molecule has 1 atom stereocenters. The number of aryl methyl sites for hydroxylation is 2. The molecule has 1 rings (SSSR count). The van der Waals surface area contributed by atoms with Crippen molar-refractivity contribution in [3.8, 4) is 6.07 Å². The van der Waals surface area contributed by atoms with Gasteiger partial charge in [0.15, 0.2) is 0 Å². The van der Waals surface area contributed by atoms with Crippen molar-refractivity contribution in [2.45, 2.75) is 26.3 Å². The first kappa shape index (κ1) is 13.0. The predicted octanol–water partition coefficient (Wildman–Crippen LogP) is 2.64. The molecule has 3 heteroatoms. The van der Waals surface area contributed by atoms with Crippen molar-refractivity contribution in [2.75, 3.05) is 0 Å². The number of hydrogen-bond donors (Lipinski definition) is 1. The molecule has 0 aliphatic rings. The summed E-state index contributed by atoms with van der Waals surface area (Å²) < 4.78 is 0. The summed E-state index contributed by atoms with van der Waals surface area (Å²) in [5, 5.41) is 8.49. The van der Waals surface area contributed by atoms with Crippen LogP contribution in [0.3, 0.4) is 0 Å². The third-order valence-electron chi connectivity index (χ3n) is 2.27. The highest BCUT2D eigenvalue weighted by Crippen LogP contribution is 2.17. The highest BCUT2D eigenvalue weighted by molar-refractivity contribution is 5.85. The van der Waals surface area contributed by atoms with Crippen molar-refractivity contribution in [1.82, 2.24) is 0 Å². The predicted molar refractivity (Wildman–Crippen MR) is 60.3 cm³/mol. The SMILES string of the molecule is Cc1ccc([C@H](N)CC#N)cc1C.Cl. The number of rotatable bonds is 2. The van der Waals surface area contributed by atoms with E-state index in [0.29, 0.717) is 6.42 Å². The van der Waals surface area contributed by atoms with Gasteiger partial charge in [-0.2, -0.15) is 5.26 Å². The maximum atomic E-state index is 8.49. The lowest BCUT2D eigenvalue weighted by atomic mass is 10.0. The molecule has 0 bridgehead atoms. The fourth-order valence-electron chi connectivity index (χ4n) is 1.21. The van der Waals surface area contributed by atoms with E-state index in [4.69, 9.17) is 11.0 Å². The van der Waals surface area contributed by atoms with Gasteiger partial charge < -0.3 is 5.73 Å². The molecule has 1 aromatic rings. The molecule has 2 N–H and O–H groups in total. The van der Waals surface area contributed by atoms with E-state index in [1.54, 1.807) is 0 Å². The molecule has 0 aromatic heterocycles. The zero-order valence-corrected chi connectivity index (χ0v) is 9.27. The standard InChI is InChI=1S/C11H14N2.ClH/c1-8-3-4-10(7-9(8)2)11(13)5-6-12;/h3-4,7,11H,5,13H2,1-2H3;1H/t11-;/m1./s1. The molecular formula is C11H15ClN2. The molecule has 0 fully saturated rings. The van der Waals surface area contributed by atoms with Crippen molar-refractivity contribution >= 4 is 12.4 Å². The molecule has 0 spiro atoms. The Morgan fingerprint density at radius 1 is 1.36 bits per heavy atom. The van der Waals surface area contributed by atoms with Crippen LogP contribution in [-0.4, -0.2) is 0 Å². The maximum absolute atomic E-state index is 8.49. The largest absolute Gasteiger partial charge is 0.323 e. The first-order chi connectivity index (χ1) is 6.15. The summed E-state index contributed by atoms with van der Waals surface area (Å²) in [6, 6.07) is 8.01. The van der Waals surface area contributed by atoms with Crippen LogP contribution in [0, 0.1) is 25.2 Å². The zero-order valence-electron chi connectivity index (χ0n) is 8.45. The van der Waals surface area contributed by atoms with Crippen molar-refractivity contribution < 1.29 is 0 Å². The lowest BCUT2D eigenvalue weighted by Crippen LogP contribution is -2.09. The number of benzene rings is 1. The Hall–Kier alpha value is -1.04. The molecule has 1 aromatic carbocycles. The van der Waals surface area contributed by atoms with Crippen molar-refractivity contribution in [3.05, 3.63) is 34.9 Å². The smallest absolute Gasteiger partial charge is 0.0641 e. The van der Waals surface area contributed by atoms with Gasteiger partial charge in [-0.25, -0.2) is 0 Å². The van der Waals surface area contributed by atoms with Crippen LogP contribution >= 0.6 is 12.4 Å². The topological polar surface area (TPSA) is 49.8 Å². The summed E-state index contributed by atoms with van der Waals surface area (Å²) in [5.74, 6) is 0. The van der Waals surface area contributed by atoms with Crippen LogP contribution in [0.2, 0.25) is 0 Å². The van der Waals surface area contributed by atoms with Gasteiger partial charge in [-0.3, -0.25) is 0 Å². The Bertz CT molecular complexity index is 342. The molecule has 2 nitrogen and oxygen atoms in total. The summed E-state index contributed by atoms with van der Waals surface area (Å²) in [7, 11) is 0. The van der Waals surface area contributed by atoms with E-state index >= 15 is 0 Å². The second-order valence-electron chi connectivity index (χ2n) is 3.31. The van der Waals surface area contributed by atoms with E-state index in [1.165, 1.54) is 11.1 Å². The number of halogens is 1. The minimum Gasteiger partial charge on any atom is -0.323 e. The number of nitrogens with zero attached hydrogens (tertiary/aromatic N) is 1. The molecule has 14 heavy (non-hydrogen) atoms. The van der Waals surface area contributed by atoms with Crippen LogP contribution in [0.5, 0.6) is 0 Å². The Morgan fingerprint density at radius 3 is 2.50 bits per heavy atom. The van der Waals surface area contributed by atoms with E-state index in [0.717, 1.165) is 5.56 Å². The normalized spacial score (nSPS) is 11.3. The molecule has 0 saturated carbocycles. The quantitative estimate of drug-likeness (QED) is 0.816. The number of hydrogen-bond acceptors (Lipinski definition) is 2. The fraction of sp³-hybridized carbons (Fsp3) is 0.364. The molecular weight excluding hydrogens is 196 g/mol. The number of nitrogens with two attached hydrogens (primary N) is 1. The summed E-state index contributed by atoms with van der Waals surface area (Å²) in [6.45, 7) is 4.12. The van der Waals surface area contributed by atoms with E-state index in [2.05, 4.69) is 26.0 Å². The minimum atomic E-state index is -0.149. The Morgan fingerprint density at radius 2 is 2.00 bits per heavy atom. The van der Waals surface area contributed by atoms with Gasteiger partial charge in [0.25, 0.3) is 0 Å². The van der Waals surface area contributed by atoms with Gasteiger partial charge in [0, 0.05) is 6.04 Å². The fourth-order valence-corrected chi connectivity index (χ4v) is 1.21. The third-order valence-corrected chi connectivity index (χ3v) is 2.27. The van der Waals surface area contributed by atoms with Gasteiger partial charge in [-0.15, -0.1) is 12.4 Å². The first-order valence-electron chi connectivity index (χ1n) is 4.35. The lowest BCUT2D eigenvalue weighted by Gasteiger charge is -2.09. The van der Waals surface area contributed by atoms with E-state index < -0.39 is 0 Å². The Kier molecular flexibility index (Phi) is 5.22. The molecule has 0 radical (unpaired) electrons. The Balaban J connectivity index is 0.00000169. The van der Waals surface area contributed by atoms with Gasteiger partial charge in [-0.05, 0) is 30.5 Å². The summed E-state index contributed by atoms with van der Waals surface area (Å²) in [6.07, 6.45) is 0.377. The molecule has 0 amide bonds. The molecule has 0 unspecified atom stereocenters. The monoisotopic (exact) mass is 210 g/mol. The van der Waals surface area contributed by atoms with Gasteiger partial charge in [0.2, 0.25) is 0 Å². The van der Waals surface area contributed by atoms with Gasteiger partial charge >= 0.3 is 0 Å². The highest BCUT2D eigenvalue weighted by atomic mass is 35.5. The molecule has 76 valence electrons. The zero-order chi connectivity index (χ0) is 9.84. The summed E-state index contributed by atoms with van der Waals surface area (Å²) in [5.41, 5.74) is 9.33. The first-order valence-corrected chi connectivity index (χ1v) is 4.35. The van der Waals surface area contributed by atoms with Gasteiger partial charge in [0.05, 0.1) is 12.5 Å². The maximum Gasteiger partial charge on any atom is 0.0641 e. The van der Waals surface area contributed by atoms with E-state index in [9.17, 15) is 0 Å². The second kappa shape index (κ2) is 5.64. The van der Waals surface area contributed by atoms with Crippen LogP contribution < -0.4 is 5.73 Å². The van der Waals surface area contributed by atoms with Crippen LogP contribution in [0.4, 0.5) is 0 Å². The lowest BCUT2D eigenvalue weighted by molar-refractivity contribution is 0.747. The van der Waals surface area contributed by atoms with Crippen molar-refractivity contribution in [3.63, 3.8) is 0 Å². The summed E-state index contributed by atoms with van der Waals surface area (Å²) in [4.78, 5) is 0. The minimum absolute atomic E-state index is 0. The van der Waals surface area contributed by atoms with Crippen LogP contribution in [0.15, 0.2) is 18.2 Å². The third kappa shape index (κ3) is 3.02. The molecule has 0 saturated heterocycles. The number of nitriles is 1. The van der Waals surface area contributed by atoms with Crippen LogP contribution in [0.1, 0.15) is 29.2 Å². The van der Waals surface area contributed by atoms with E-state index in [1.807, 2.05) is 12.1 Å². The molecule has 0 aliphatic heterocycles. The van der Waals surface area contributed by atoms with Gasteiger partial charge in [0.1, 0.15) is 0 Å². The van der Waals surface area contributed by atoms with Gasteiger partial charge in [-0.1, -0.05) is 18.2 Å². The highest BCUT2D eigenvalue weighted by Gasteiger charge is 2.05. The molecule has 0 aliphatic carbocycles. The van der Waals surface area contributed by atoms with Crippen LogP contribution in [0.25, 0.3) is 0 Å². The van der Waals surface area contributed by atoms with Crippen molar-refractivity contribution in [1.29, 1.82) is 5.26 Å². The van der Waals surface area contributed by atoms with E-state index in [-0.39, 0.29) is 18.4 Å². The summed E-state index contributed by atoms with van der Waals surface area (Å²) >= 11 is 0. The molecule has 0 heterocycles. The Labute approximate surface area is 91.1 Å². The average Bonchev–Trinajstić information content (AvgIpc) is 2.10.